The average Bonchev–Trinajstić information content (AvgIpc) is 2.54. The zero-order valence-electron chi connectivity index (χ0n) is 13.5. The molecule has 2 aromatic rings. The van der Waals surface area contributed by atoms with Crippen molar-refractivity contribution in [1.29, 1.82) is 0 Å². The molecule has 25 heavy (non-hydrogen) atoms. The molecule has 8 nitrogen and oxygen atoms in total. The van der Waals surface area contributed by atoms with Gasteiger partial charge in [0.15, 0.2) is 11.1 Å². The van der Waals surface area contributed by atoms with Crippen molar-refractivity contribution in [2.24, 2.45) is 0 Å². The summed E-state index contributed by atoms with van der Waals surface area (Å²) < 4.78 is 19.9. The molecule has 0 fully saturated rings. The molecule has 0 aliphatic rings. The number of anilines is 3. The molecule has 134 valence electrons. The van der Waals surface area contributed by atoms with Crippen molar-refractivity contribution >= 4 is 45.7 Å². The van der Waals surface area contributed by atoms with Crippen LogP contribution in [0.4, 0.5) is 17.1 Å². The van der Waals surface area contributed by atoms with E-state index < -0.39 is 17.0 Å². The van der Waals surface area contributed by atoms with E-state index in [1.54, 1.807) is 6.07 Å². The molecule has 4 N–H and O–H groups in total. The van der Waals surface area contributed by atoms with Crippen molar-refractivity contribution in [2.75, 3.05) is 23.6 Å². The van der Waals surface area contributed by atoms with Crippen molar-refractivity contribution in [2.45, 2.75) is 6.92 Å². The summed E-state index contributed by atoms with van der Waals surface area (Å²) in [6.07, 6.45) is 1.32. The molecule has 0 aliphatic carbocycles. The number of carbonyl (C=O) groups is 1. The Labute approximate surface area is 152 Å². The fourth-order valence-corrected chi connectivity index (χ4v) is 2.57. The van der Waals surface area contributed by atoms with E-state index in [0.29, 0.717) is 17.1 Å². The molecule has 0 spiro atoms. The normalized spacial score (nSPS) is 11.7. The summed E-state index contributed by atoms with van der Waals surface area (Å²) in [5.74, 6) is -0.624. The molecule has 0 saturated heterocycles. The maximum atomic E-state index is 12.1. The number of pyridine rings is 1. The second-order valence-corrected chi connectivity index (χ2v) is 6.27. The predicted molar refractivity (Wildman–Crippen MR) is 97.4 cm³/mol. The van der Waals surface area contributed by atoms with Crippen LogP contribution in [0.25, 0.3) is 0 Å². The van der Waals surface area contributed by atoms with Crippen LogP contribution in [0.3, 0.4) is 0 Å². The quantitative estimate of drug-likeness (QED) is 0.330. The lowest BCUT2D eigenvalue weighted by atomic mass is 10.1. The molecule has 0 saturated carbocycles. The number of nitrogens with zero attached hydrogens (tertiary/aromatic N) is 1. The number of aryl methyl sites for hydroxylation is 1. The van der Waals surface area contributed by atoms with Crippen LogP contribution in [-0.2, 0) is 15.9 Å². The van der Waals surface area contributed by atoms with E-state index in [-0.39, 0.29) is 16.6 Å². The molecule has 0 bridgehead atoms. The maximum Gasteiger partial charge on any atom is 0.278 e. The standard InChI is InChI=1S/C15H17ClN4O4S/c1-9-4-3-5-11(14(9)18-8-25(22)23)19-12-6-13(16)17-7-10(12)15(21)20-24-2/h3-7,18H,8H2,1-2H3,(H,17,19)(H,20,21)(H,22,23). The monoisotopic (exact) mass is 384 g/mol. The molecule has 1 amide bonds. The van der Waals surface area contributed by atoms with E-state index in [9.17, 15) is 9.00 Å². The third-order valence-electron chi connectivity index (χ3n) is 3.22. The van der Waals surface area contributed by atoms with Crippen LogP contribution in [0.1, 0.15) is 15.9 Å². The van der Waals surface area contributed by atoms with E-state index >= 15 is 0 Å². The Morgan fingerprint density at radius 3 is 2.84 bits per heavy atom. The van der Waals surface area contributed by atoms with Crippen LogP contribution < -0.4 is 16.1 Å². The minimum absolute atomic E-state index is 0.131. The number of carbonyl (C=O) groups excluding carboxylic acids is 1. The van der Waals surface area contributed by atoms with E-state index in [1.165, 1.54) is 19.4 Å². The fourth-order valence-electron chi connectivity index (χ4n) is 2.15. The second-order valence-electron chi connectivity index (χ2n) is 4.95. The van der Waals surface area contributed by atoms with Gasteiger partial charge in [0.05, 0.1) is 29.7 Å². The van der Waals surface area contributed by atoms with Gasteiger partial charge in [-0.3, -0.25) is 9.63 Å². The summed E-state index contributed by atoms with van der Waals surface area (Å²) in [6, 6.07) is 6.94. The van der Waals surface area contributed by atoms with Gasteiger partial charge in [-0.05, 0) is 24.6 Å². The lowest BCUT2D eigenvalue weighted by molar-refractivity contribution is 0.0538. The molecule has 1 unspecified atom stereocenters. The van der Waals surface area contributed by atoms with E-state index in [1.807, 2.05) is 19.1 Å². The molecule has 0 radical (unpaired) electrons. The first-order valence-corrected chi connectivity index (χ1v) is 8.74. The first kappa shape index (κ1) is 19.1. The zero-order valence-corrected chi connectivity index (χ0v) is 15.1. The highest BCUT2D eigenvalue weighted by Gasteiger charge is 2.15. The van der Waals surface area contributed by atoms with Gasteiger partial charge in [-0.1, -0.05) is 23.7 Å². The number of para-hydroxylation sites is 1. The number of hydroxylamine groups is 1. The Bertz CT molecular complexity index is 803. The third kappa shape index (κ3) is 5.13. The van der Waals surface area contributed by atoms with Gasteiger partial charge in [-0.25, -0.2) is 14.7 Å². The Morgan fingerprint density at radius 2 is 2.16 bits per heavy atom. The summed E-state index contributed by atoms with van der Waals surface area (Å²) in [6.45, 7) is 1.85. The summed E-state index contributed by atoms with van der Waals surface area (Å²) >= 11 is 3.94. The van der Waals surface area contributed by atoms with Gasteiger partial charge in [0.2, 0.25) is 0 Å². The number of nitrogens with one attached hydrogen (secondary N) is 3. The van der Waals surface area contributed by atoms with Gasteiger partial charge >= 0.3 is 0 Å². The van der Waals surface area contributed by atoms with Gasteiger partial charge in [0.1, 0.15) is 11.0 Å². The molecule has 1 heterocycles. The molecule has 0 aliphatic heterocycles. The minimum Gasteiger partial charge on any atom is -0.370 e. The highest BCUT2D eigenvalue weighted by Crippen LogP contribution is 2.31. The van der Waals surface area contributed by atoms with E-state index in [0.717, 1.165) is 5.56 Å². The lowest BCUT2D eigenvalue weighted by Gasteiger charge is -2.17. The van der Waals surface area contributed by atoms with Crippen LogP contribution in [0.2, 0.25) is 5.15 Å². The van der Waals surface area contributed by atoms with Crippen molar-refractivity contribution in [3.63, 3.8) is 0 Å². The van der Waals surface area contributed by atoms with Gasteiger partial charge in [-0.15, -0.1) is 0 Å². The van der Waals surface area contributed by atoms with Crippen LogP contribution in [0.15, 0.2) is 30.5 Å². The zero-order chi connectivity index (χ0) is 18.4. The van der Waals surface area contributed by atoms with Crippen molar-refractivity contribution in [3.05, 3.63) is 46.7 Å². The number of halogens is 1. The predicted octanol–water partition coefficient (Wildman–Crippen LogP) is 2.67. The van der Waals surface area contributed by atoms with E-state index in [2.05, 4.69) is 25.9 Å². The van der Waals surface area contributed by atoms with E-state index in [4.69, 9.17) is 16.2 Å². The Hall–Kier alpha value is -2.20. The highest BCUT2D eigenvalue weighted by molar-refractivity contribution is 7.79. The lowest BCUT2D eigenvalue weighted by Crippen LogP contribution is -2.23. The number of aromatic nitrogens is 1. The topological polar surface area (TPSA) is 113 Å². The third-order valence-corrected chi connectivity index (χ3v) is 3.82. The molecule has 10 heteroatoms. The molecule has 2 rings (SSSR count). The first-order chi connectivity index (χ1) is 11.9. The minimum atomic E-state index is -2.00. The summed E-state index contributed by atoms with van der Waals surface area (Å²) in [5, 5.41) is 6.21. The number of benzene rings is 1. The average molecular weight is 385 g/mol. The number of amides is 1. The SMILES string of the molecule is CONC(=O)c1cnc(Cl)cc1Nc1cccc(C)c1NCS(=O)O. The number of hydrogen-bond donors (Lipinski definition) is 4. The molecule has 1 atom stereocenters. The van der Waals surface area contributed by atoms with Gasteiger partial charge in [0, 0.05) is 6.20 Å². The van der Waals surface area contributed by atoms with Gasteiger partial charge < -0.3 is 15.2 Å². The van der Waals surface area contributed by atoms with Crippen LogP contribution >= 0.6 is 11.6 Å². The molecule has 1 aromatic heterocycles. The largest absolute Gasteiger partial charge is 0.370 e. The number of hydrogen-bond acceptors (Lipinski definition) is 6. The van der Waals surface area contributed by atoms with Crippen molar-refractivity contribution in [1.82, 2.24) is 10.5 Å². The van der Waals surface area contributed by atoms with Crippen molar-refractivity contribution < 1.29 is 18.4 Å². The van der Waals surface area contributed by atoms with Crippen LogP contribution in [-0.4, -0.2) is 32.6 Å². The first-order valence-electron chi connectivity index (χ1n) is 7.09. The Kier molecular flexibility index (Phi) is 6.71. The number of rotatable bonds is 7. The smallest absolute Gasteiger partial charge is 0.278 e. The van der Waals surface area contributed by atoms with Crippen molar-refractivity contribution in [3.8, 4) is 0 Å². The Balaban J connectivity index is 2.39. The second kappa shape index (κ2) is 8.77. The van der Waals surface area contributed by atoms with Gasteiger partial charge in [0.25, 0.3) is 5.91 Å². The maximum absolute atomic E-state index is 12.1. The summed E-state index contributed by atoms with van der Waals surface area (Å²) in [7, 11) is 1.33. The molecular formula is C15H17ClN4O4S. The summed E-state index contributed by atoms with van der Waals surface area (Å²) in [4.78, 5) is 20.6. The Morgan fingerprint density at radius 1 is 1.40 bits per heavy atom. The molecule has 1 aromatic carbocycles. The fraction of sp³-hybridized carbons (Fsp3) is 0.200. The highest BCUT2D eigenvalue weighted by atomic mass is 35.5. The van der Waals surface area contributed by atoms with Crippen LogP contribution in [0.5, 0.6) is 0 Å². The summed E-state index contributed by atoms with van der Waals surface area (Å²) in [5.41, 5.74) is 4.96. The van der Waals surface area contributed by atoms with Gasteiger partial charge in [-0.2, -0.15) is 0 Å². The van der Waals surface area contributed by atoms with Crippen LogP contribution in [0, 0.1) is 6.92 Å². The molecular weight excluding hydrogens is 368 g/mol.